The van der Waals surface area contributed by atoms with Crippen LogP contribution in [0.25, 0.3) is 22.0 Å². The fourth-order valence-corrected chi connectivity index (χ4v) is 7.81. The number of ether oxygens (including phenoxy) is 1. The zero-order valence-corrected chi connectivity index (χ0v) is 25.4. The van der Waals surface area contributed by atoms with E-state index in [-0.39, 0.29) is 0 Å². The molecule has 1 aliphatic carbocycles. The lowest BCUT2D eigenvalue weighted by Crippen LogP contribution is -2.44. The highest BCUT2D eigenvalue weighted by Gasteiger charge is 2.40. The van der Waals surface area contributed by atoms with E-state index in [2.05, 4.69) is 67.0 Å². The minimum Gasteiger partial charge on any atom is -0.491 e. The maximum atomic E-state index is 6.66. The Labute approximate surface area is 245 Å². The zero-order valence-electron chi connectivity index (χ0n) is 25.4. The van der Waals surface area contributed by atoms with E-state index < -0.39 is 0 Å². The van der Waals surface area contributed by atoms with Gasteiger partial charge in [-0.25, -0.2) is 9.97 Å². The molecule has 1 aromatic heterocycles. The van der Waals surface area contributed by atoms with E-state index in [4.69, 9.17) is 14.7 Å². The second kappa shape index (κ2) is 10.7. The predicted octanol–water partition coefficient (Wildman–Crippen LogP) is 7.08. The molecule has 0 unspecified atom stereocenters. The molecular weight excluding hydrogens is 506 g/mol. The number of fused-ring (bicyclic) bond motifs is 2. The largest absolute Gasteiger partial charge is 0.491 e. The van der Waals surface area contributed by atoms with Gasteiger partial charge >= 0.3 is 0 Å². The quantitative estimate of drug-likeness (QED) is 0.328. The molecule has 6 heteroatoms. The van der Waals surface area contributed by atoms with Gasteiger partial charge in [-0.3, -0.25) is 4.99 Å². The molecule has 0 N–H and O–H groups in total. The monoisotopic (exact) mass is 551 g/mol. The molecule has 0 radical (unpaired) electrons. The highest BCUT2D eigenvalue weighted by atomic mass is 16.5. The summed E-state index contributed by atoms with van der Waals surface area (Å²) in [7, 11) is 2.22. The smallest absolute Gasteiger partial charge is 0.153 e. The highest BCUT2D eigenvalue weighted by Crippen LogP contribution is 2.50. The highest BCUT2D eigenvalue weighted by molar-refractivity contribution is 6.04. The van der Waals surface area contributed by atoms with Crippen molar-refractivity contribution in [3.8, 4) is 16.9 Å². The number of benzene rings is 2. The molecule has 6 nitrogen and oxygen atoms in total. The van der Waals surface area contributed by atoms with Gasteiger partial charge in [0.25, 0.3) is 0 Å². The lowest BCUT2D eigenvalue weighted by atomic mass is 9.63. The summed E-state index contributed by atoms with van der Waals surface area (Å²) in [5.74, 6) is 3.47. The number of anilines is 1. The van der Waals surface area contributed by atoms with Gasteiger partial charge in [0.2, 0.25) is 0 Å². The minimum absolute atomic E-state index is 0.385. The third-order valence-electron chi connectivity index (χ3n) is 10.6. The number of hydrogen-bond donors (Lipinski definition) is 0. The van der Waals surface area contributed by atoms with Crippen molar-refractivity contribution in [3.63, 3.8) is 0 Å². The summed E-state index contributed by atoms with van der Waals surface area (Å²) < 4.78 is 6.66. The third-order valence-corrected chi connectivity index (χ3v) is 10.6. The van der Waals surface area contributed by atoms with Crippen molar-refractivity contribution in [2.24, 2.45) is 10.4 Å². The molecule has 2 saturated heterocycles. The molecule has 3 aromatic rings. The first-order valence-corrected chi connectivity index (χ1v) is 16.1. The molecule has 2 aromatic carbocycles. The van der Waals surface area contributed by atoms with E-state index in [1.54, 1.807) is 0 Å². The SMILES string of the molecule is CCOc1c(-c2c(C)ccc3c2C=NC3)c(CC)cc2c(N3CCC4(CCC4)CC3)nc(C3CCN(C)CC3)nc12. The Morgan fingerprint density at radius 1 is 0.976 bits per heavy atom. The molecule has 41 heavy (non-hydrogen) atoms. The zero-order chi connectivity index (χ0) is 28.1. The number of nitrogens with zero attached hydrogens (tertiary/aromatic N) is 5. The minimum atomic E-state index is 0.385. The van der Waals surface area contributed by atoms with E-state index in [0.29, 0.717) is 17.9 Å². The standard InChI is InChI=1S/C35H45N5O/c1-5-24-20-27-31(32(41-6-2)30(24)29-23(3)8-9-26-21-36-22-28(26)29)37-33(25-10-16-39(4)17-11-25)38-34(27)40-18-14-35(15-19-40)12-7-13-35/h8-9,20,22,25H,5-7,10-19,21H2,1-4H3. The van der Waals surface area contributed by atoms with Crippen LogP contribution in [0.4, 0.5) is 5.82 Å². The van der Waals surface area contributed by atoms with E-state index in [1.165, 1.54) is 65.5 Å². The first kappa shape index (κ1) is 26.9. The van der Waals surface area contributed by atoms with Gasteiger partial charge in [0.1, 0.15) is 17.2 Å². The molecule has 4 heterocycles. The fraction of sp³-hybridized carbons (Fsp3) is 0.571. The van der Waals surface area contributed by atoms with Crippen molar-refractivity contribution >= 4 is 22.9 Å². The van der Waals surface area contributed by atoms with E-state index in [1.807, 2.05) is 0 Å². The topological polar surface area (TPSA) is 53.9 Å². The van der Waals surface area contributed by atoms with Crippen LogP contribution in [-0.4, -0.2) is 60.9 Å². The van der Waals surface area contributed by atoms with Gasteiger partial charge in [0.05, 0.1) is 13.2 Å². The van der Waals surface area contributed by atoms with Crippen LogP contribution >= 0.6 is 0 Å². The Bertz CT molecular complexity index is 1490. The lowest BCUT2D eigenvalue weighted by molar-refractivity contribution is 0.0953. The van der Waals surface area contributed by atoms with Crippen molar-refractivity contribution in [2.75, 3.05) is 44.7 Å². The molecule has 0 atom stereocenters. The summed E-state index contributed by atoms with van der Waals surface area (Å²) in [4.78, 5) is 20.5. The number of hydrogen-bond acceptors (Lipinski definition) is 6. The Morgan fingerprint density at radius 3 is 2.44 bits per heavy atom. The van der Waals surface area contributed by atoms with E-state index in [9.17, 15) is 0 Å². The lowest BCUT2D eigenvalue weighted by Gasteiger charge is -2.48. The van der Waals surface area contributed by atoms with Gasteiger partial charge in [0, 0.05) is 41.7 Å². The van der Waals surface area contributed by atoms with Crippen LogP contribution in [0.3, 0.4) is 0 Å². The summed E-state index contributed by atoms with van der Waals surface area (Å²) in [6.07, 6.45) is 12.0. The fourth-order valence-electron chi connectivity index (χ4n) is 7.81. The van der Waals surface area contributed by atoms with Gasteiger partial charge < -0.3 is 14.5 Å². The van der Waals surface area contributed by atoms with Crippen LogP contribution < -0.4 is 9.64 Å². The van der Waals surface area contributed by atoms with Crippen molar-refractivity contribution in [3.05, 3.63) is 46.3 Å². The predicted molar refractivity (Wildman–Crippen MR) is 169 cm³/mol. The molecule has 3 aliphatic heterocycles. The normalized spacial score (nSPS) is 20.5. The number of likely N-dealkylation sites (tertiary alicyclic amines) is 1. The average molecular weight is 552 g/mol. The maximum Gasteiger partial charge on any atom is 0.153 e. The van der Waals surface area contributed by atoms with Crippen molar-refractivity contribution < 1.29 is 4.74 Å². The Kier molecular flexibility index (Phi) is 7.01. The second-order valence-corrected chi connectivity index (χ2v) is 13.0. The Balaban J connectivity index is 1.45. The second-order valence-electron chi connectivity index (χ2n) is 13.0. The van der Waals surface area contributed by atoms with Crippen LogP contribution in [0.1, 0.15) is 92.8 Å². The van der Waals surface area contributed by atoms with E-state index >= 15 is 0 Å². The summed E-state index contributed by atoms with van der Waals surface area (Å²) in [6, 6.07) is 6.89. The van der Waals surface area contributed by atoms with Crippen LogP contribution in [0.15, 0.2) is 23.2 Å². The Hall–Kier alpha value is -2.99. The van der Waals surface area contributed by atoms with Crippen LogP contribution in [0, 0.1) is 12.3 Å². The number of rotatable bonds is 6. The summed E-state index contributed by atoms with van der Waals surface area (Å²) in [5.41, 5.74) is 9.17. The molecule has 4 aliphatic rings. The van der Waals surface area contributed by atoms with Crippen molar-refractivity contribution in [2.45, 2.75) is 84.6 Å². The van der Waals surface area contributed by atoms with Crippen LogP contribution in [0.5, 0.6) is 5.75 Å². The number of piperidine rings is 2. The van der Waals surface area contributed by atoms with Crippen LogP contribution in [0.2, 0.25) is 0 Å². The van der Waals surface area contributed by atoms with Crippen molar-refractivity contribution in [1.29, 1.82) is 0 Å². The molecule has 0 bridgehead atoms. The Morgan fingerprint density at radius 2 is 1.76 bits per heavy atom. The molecule has 216 valence electrons. The van der Waals surface area contributed by atoms with Crippen molar-refractivity contribution in [1.82, 2.24) is 14.9 Å². The van der Waals surface area contributed by atoms with E-state index in [0.717, 1.165) is 80.3 Å². The first-order valence-electron chi connectivity index (χ1n) is 16.1. The van der Waals surface area contributed by atoms with Gasteiger partial charge in [-0.1, -0.05) is 25.5 Å². The molecular formula is C35H45N5O. The van der Waals surface area contributed by atoms with Gasteiger partial charge in [-0.05, 0) is 113 Å². The first-order chi connectivity index (χ1) is 20.0. The average Bonchev–Trinajstić information content (AvgIpc) is 3.45. The summed E-state index contributed by atoms with van der Waals surface area (Å²) in [6.45, 7) is 12.3. The van der Waals surface area contributed by atoms with Crippen LogP contribution in [-0.2, 0) is 13.0 Å². The van der Waals surface area contributed by atoms with Gasteiger partial charge in [-0.2, -0.15) is 0 Å². The summed E-state index contributed by atoms with van der Waals surface area (Å²) in [5, 5.41) is 1.16. The molecule has 7 rings (SSSR count). The summed E-state index contributed by atoms with van der Waals surface area (Å²) >= 11 is 0. The molecule has 1 saturated carbocycles. The maximum absolute atomic E-state index is 6.66. The third kappa shape index (κ3) is 4.63. The number of aromatic nitrogens is 2. The number of aliphatic imine (C=N–C) groups is 1. The molecule has 0 amide bonds. The van der Waals surface area contributed by atoms with Gasteiger partial charge in [0.15, 0.2) is 5.75 Å². The molecule has 3 fully saturated rings. The van der Waals surface area contributed by atoms with Gasteiger partial charge in [-0.15, -0.1) is 0 Å². The molecule has 1 spiro atoms. The number of aryl methyl sites for hydroxylation is 2.